The van der Waals surface area contributed by atoms with Crippen LogP contribution in [0.3, 0.4) is 0 Å². The molecule has 2 amide bonds. The number of carbonyl (C=O) groups is 2. The van der Waals surface area contributed by atoms with E-state index in [0.717, 1.165) is 4.90 Å². The molecule has 3 rings (SSSR count). The molecule has 0 saturated carbocycles. The predicted molar refractivity (Wildman–Crippen MR) is 58.4 cm³/mol. The van der Waals surface area contributed by atoms with Crippen LogP contribution in [0.4, 0.5) is 5.69 Å². The van der Waals surface area contributed by atoms with Crippen molar-refractivity contribution < 1.29 is 19.1 Å². The number of imide groups is 1. The summed E-state index contributed by atoms with van der Waals surface area (Å²) < 4.78 is 9.88. The Kier molecular flexibility index (Phi) is 2.42. The first kappa shape index (κ1) is 10.4. The molecule has 2 unspecified atom stereocenters. The van der Waals surface area contributed by atoms with Gasteiger partial charge in [-0.1, -0.05) is 18.2 Å². The molecule has 0 bridgehead atoms. The number of amides is 2. The van der Waals surface area contributed by atoms with E-state index >= 15 is 0 Å². The van der Waals surface area contributed by atoms with Gasteiger partial charge in [0.25, 0.3) is 11.8 Å². The van der Waals surface area contributed by atoms with Gasteiger partial charge in [-0.15, -0.1) is 0 Å². The lowest BCUT2D eigenvalue weighted by molar-refractivity contribution is -0.127. The maximum Gasteiger partial charge on any atom is 0.265 e. The molecule has 2 heterocycles. The second-order valence-corrected chi connectivity index (χ2v) is 3.99. The Morgan fingerprint density at radius 2 is 1.47 bits per heavy atom. The van der Waals surface area contributed by atoms with Crippen LogP contribution in [0, 0.1) is 0 Å². The zero-order valence-corrected chi connectivity index (χ0v) is 9.04. The number of hydrogen-bond acceptors (Lipinski definition) is 4. The second kappa shape index (κ2) is 3.94. The van der Waals surface area contributed by atoms with Gasteiger partial charge in [-0.05, 0) is 12.1 Å². The highest BCUT2D eigenvalue weighted by molar-refractivity contribution is 6.18. The summed E-state index contributed by atoms with van der Waals surface area (Å²) in [6.07, 6.45) is -0.948. The third-order valence-corrected chi connectivity index (χ3v) is 2.67. The van der Waals surface area contributed by atoms with Crippen molar-refractivity contribution >= 4 is 17.5 Å². The van der Waals surface area contributed by atoms with E-state index in [0.29, 0.717) is 18.9 Å². The minimum absolute atomic E-state index is 0.309. The Morgan fingerprint density at radius 3 is 1.88 bits per heavy atom. The van der Waals surface area contributed by atoms with Crippen LogP contribution in [-0.4, -0.2) is 37.2 Å². The molecular weight excluding hydrogens is 222 g/mol. The lowest BCUT2D eigenvalue weighted by Gasteiger charge is -2.19. The van der Waals surface area contributed by atoms with Crippen LogP contribution in [0.1, 0.15) is 0 Å². The summed E-state index contributed by atoms with van der Waals surface area (Å²) in [5, 5.41) is 0. The van der Waals surface area contributed by atoms with E-state index in [-0.39, 0.29) is 11.8 Å². The third-order valence-electron chi connectivity index (χ3n) is 2.67. The summed E-state index contributed by atoms with van der Waals surface area (Å²) in [4.78, 5) is 25.2. The average molecular weight is 233 g/mol. The molecule has 88 valence electrons. The number of ether oxygens (including phenoxy) is 2. The summed E-state index contributed by atoms with van der Waals surface area (Å²) in [5.74, 6) is -0.617. The van der Waals surface area contributed by atoms with Crippen molar-refractivity contribution in [2.75, 3.05) is 18.1 Å². The molecule has 0 aliphatic carbocycles. The fourth-order valence-electron chi connectivity index (χ4n) is 1.61. The summed E-state index contributed by atoms with van der Waals surface area (Å²) >= 11 is 0. The van der Waals surface area contributed by atoms with E-state index in [2.05, 4.69) is 0 Å². The third kappa shape index (κ3) is 2.07. The molecule has 2 atom stereocenters. The smallest absolute Gasteiger partial charge is 0.265 e. The maximum absolute atomic E-state index is 12.0. The fourth-order valence-corrected chi connectivity index (χ4v) is 1.61. The molecule has 5 nitrogen and oxygen atoms in total. The van der Waals surface area contributed by atoms with E-state index in [1.54, 1.807) is 24.3 Å². The van der Waals surface area contributed by atoms with Crippen LogP contribution < -0.4 is 4.90 Å². The molecule has 1 aromatic carbocycles. The van der Waals surface area contributed by atoms with Gasteiger partial charge in [-0.2, -0.15) is 0 Å². The molecule has 0 N–H and O–H groups in total. The zero-order chi connectivity index (χ0) is 11.8. The molecule has 5 heteroatoms. The van der Waals surface area contributed by atoms with Gasteiger partial charge in [0.15, 0.2) is 12.2 Å². The minimum Gasteiger partial charge on any atom is -0.363 e. The van der Waals surface area contributed by atoms with E-state index in [1.807, 2.05) is 6.07 Å². The standard InChI is InChI=1S/C12H11NO4/c14-11(9-6-16-9)13(12(15)10-7-17-10)8-4-2-1-3-5-8/h1-5,9-10H,6-7H2. The molecule has 1 aromatic rings. The Morgan fingerprint density at radius 1 is 1.00 bits per heavy atom. The SMILES string of the molecule is O=C(C1CO1)N(C(=O)C1CO1)c1ccccc1. The van der Waals surface area contributed by atoms with Gasteiger partial charge < -0.3 is 9.47 Å². The van der Waals surface area contributed by atoms with Crippen LogP contribution in [0.2, 0.25) is 0 Å². The van der Waals surface area contributed by atoms with Crippen molar-refractivity contribution in [2.45, 2.75) is 12.2 Å². The van der Waals surface area contributed by atoms with E-state index in [4.69, 9.17) is 9.47 Å². The van der Waals surface area contributed by atoms with Gasteiger partial charge in [0.1, 0.15) is 0 Å². The Bertz CT molecular complexity index is 427. The first-order valence-corrected chi connectivity index (χ1v) is 5.43. The molecule has 17 heavy (non-hydrogen) atoms. The van der Waals surface area contributed by atoms with Crippen LogP contribution in [-0.2, 0) is 19.1 Å². The number of benzene rings is 1. The van der Waals surface area contributed by atoms with Crippen molar-refractivity contribution in [3.8, 4) is 0 Å². The Labute approximate surface area is 97.9 Å². The fraction of sp³-hybridized carbons (Fsp3) is 0.333. The van der Waals surface area contributed by atoms with Gasteiger partial charge in [0.2, 0.25) is 0 Å². The molecule has 2 saturated heterocycles. The molecule has 0 spiro atoms. The molecule has 0 aromatic heterocycles. The van der Waals surface area contributed by atoms with E-state index < -0.39 is 12.2 Å². The predicted octanol–water partition coefficient (Wildman–Crippen LogP) is 0.344. The zero-order valence-electron chi connectivity index (χ0n) is 9.04. The highest BCUT2D eigenvalue weighted by Crippen LogP contribution is 2.24. The summed E-state index contributed by atoms with van der Waals surface area (Å²) in [7, 11) is 0. The van der Waals surface area contributed by atoms with Crippen molar-refractivity contribution in [1.29, 1.82) is 0 Å². The van der Waals surface area contributed by atoms with Crippen LogP contribution in [0.25, 0.3) is 0 Å². The number of epoxide rings is 2. The molecule has 2 aliphatic rings. The molecular formula is C12H11NO4. The van der Waals surface area contributed by atoms with Crippen LogP contribution in [0.5, 0.6) is 0 Å². The van der Waals surface area contributed by atoms with Crippen molar-refractivity contribution in [1.82, 2.24) is 0 Å². The van der Waals surface area contributed by atoms with Gasteiger partial charge in [-0.25, -0.2) is 4.90 Å². The number of nitrogens with zero attached hydrogens (tertiary/aromatic N) is 1. The Hall–Kier alpha value is -1.72. The topological polar surface area (TPSA) is 62.4 Å². The largest absolute Gasteiger partial charge is 0.363 e. The molecule has 0 radical (unpaired) electrons. The van der Waals surface area contributed by atoms with Crippen molar-refractivity contribution in [2.24, 2.45) is 0 Å². The average Bonchev–Trinajstić information content (AvgIpc) is 3.20. The van der Waals surface area contributed by atoms with E-state index in [1.165, 1.54) is 0 Å². The normalized spacial score (nSPS) is 25.2. The highest BCUT2D eigenvalue weighted by Gasteiger charge is 2.43. The second-order valence-electron chi connectivity index (χ2n) is 3.99. The number of anilines is 1. The lowest BCUT2D eigenvalue weighted by atomic mass is 10.2. The number of carbonyl (C=O) groups excluding carboxylic acids is 2. The van der Waals surface area contributed by atoms with Crippen LogP contribution >= 0.6 is 0 Å². The van der Waals surface area contributed by atoms with Gasteiger partial charge in [0, 0.05) is 0 Å². The first-order valence-electron chi connectivity index (χ1n) is 5.43. The van der Waals surface area contributed by atoms with E-state index in [9.17, 15) is 9.59 Å². The highest BCUT2D eigenvalue weighted by atomic mass is 16.6. The molecule has 2 fully saturated rings. The number of hydrogen-bond donors (Lipinski definition) is 0. The molecule has 2 aliphatic heterocycles. The lowest BCUT2D eigenvalue weighted by Crippen LogP contribution is -2.42. The maximum atomic E-state index is 12.0. The Balaban J connectivity index is 1.89. The number of para-hydroxylation sites is 1. The number of rotatable bonds is 3. The summed E-state index contributed by atoms with van der Waals surface area (Å²) in [5.41, 5.74) is 0.563. The minimum atomic E-state index is -0.474. The quantitative estimate of drug-likeness (QED) is 0.558. The summed E-state index contributed by atoms with van der Waals surface area (Å²) in [6.45, 7) is 0.780. The van der Waals surface area contributed by atoms with Gasteiger partial charge in [0.05, 0.1) is 18.9 Å². The van der Waals surface area contributed by atoms with Crippen LogP contribution in [0.15, 0.2) is 30.3 Å². The van der Waals surface area contributed by atoms with Gasteiger partial charge in [-0.3, -0.25) is 9.59 Å². The van der Waals surface area contributed by atoms with Gasteiger partial charge >= 0.3 is 0 Å². The monoisotopic (exact) mass is 233 g/mol. The van der Waals surface area contributed by atoms with Crippen molar-refractivity contribution in [3.05, 3.63) is 30.3 Å². The first-order chi connectivity index (χ1) is 8.27. The van der Waals surface area contributed by atoms with Crippen molar-refractivity contribution in [3.63, 3.8) is 0 Å². The summed E-state index contributed by atoms with van der Waals surface area (Å²) in [6, 6.07) is 8.84.